The summed E-state index contributed by atoms with van der Waals surface area (Å²) < 4.78 is 0. The molecular weight excluding hydrogens is 290 g/mol. The van der Waals surface area contributed by atoms with E-state index in [0.717, 1.165) is 12.1 Å². The molecule has 0 saturated heterocycles. The Bertz CT molecular complexity index is 892. The predicted molar refractivity (Wildman–Crippen MR) is 75.6 cm³/mol. The van der Waals surface area contributed by atoms with Crippen LogP contribution in [-0.2, 0) is 0 Å². The zero-order valence-electron chi connectivity index (χ0n) is 11.3. The van der Waals surface area contributed by atoms with Gasteiger partial charge >= 0.3 is 5.97 Å². The van der Waals surface area contributed by atoms with Crippen molar-refractivity contribution in [2.24, 2.45) is 0 Å². The molecule has 0 aliphatic rings. The summed E-state index contributed by atoms with van der Waals surface area (Å²) in [5, 5.41) is 29.1. The fourth-order valence-electron chi connectivity index (χ4n) is 2.07. The number of carboxylic acids is 1. The van der Waals surface area contributed by atoms with Crippen molar-refractivity contribution in [2.45, 2.75) is 6.92 Å². The highest BCUT2D eigenvalue weighted by molar-refractivity contribution is 5.97. The first kappa shape index (κ1) is 14.9. The van der Waals surface area contributed by atoms with Crippen molar-refractivity contribution >= 4 is 11.7 Å². The van der Waals surface area contributed by atoms with Gasteiger partial charge in [0.05, 0.1) is 10.5 Å². The standard InChI is InChI=1S/C14H9N3O5/c1-7-4-10(12(6-15)13(18)16-7)9-3-2-8(17(21)22)5-11(9)14(19)20/h2-5H,1H3,(H,16,18)(H,19,20). The molecule has 0 spiro atoms. The highest BCUT2D eigenvalue weighted by Gasteiger charge is 2.20. The summed E-state index contributed by atoms with van der Waals surface area (Å²) >= 11 is 0. The van der Waals surface area contributed by atoms with E-state index < -0.39 is 16.5 Å². The molecule has 1 heterocycles. The molecule has 8 nitrogen and oxygen atoms in total. The number of aromatic amines is 1. The van der Waals surface area contributed by atoms with Gasteiger partial charge in [-0.05, 0) is 24.6 Å². The molecule has 22 heavy (non-hydrogen) atoms. The Labute approximate surface area is 123 Å². The monoisotopic (exact) mass is 299 g/mol. The van der Waals surface area contributed by atoms with E-state index in [2.05, 4.69) is 4.98 Å². The number of aromatic carboxylic acids is 1. The number of benzene rings is 1. The van der Waals surface area contributed by atoms with Gasteiger partial charge < -0.3 is 10.1 Å². The van der Waals surface area contributed by atoms with E-state index >= 15 is 0 Å². The van der Waals surface area contributed by atoms with Crippen molar-refractivity contribution in [3.63, 3.8) is 0 Å². The van der Waals surface area contributed by atoms with E-state index in [0.29, 0.717) is 5.69 Å². The maximum absolute atomic E-state index is 11.8. The van der Waals surface area contributed by atoms with Crippen LogP contribution in [0.5, 0.6) is 0 Å². The number of nitro benzene ring substituents is 1. The Morgan fingerprint density at radius 2 is 2.05 bits per heavy atom. The Morgan fingerprint density at radius 1 is 1.36 bits per heavy atom. The van der Waals surface area contributed by atoms with Crippen LogP contribution in [0.1, 0.15) is 21.6 Å². The summed E-state index contributed by atoms with van der Waals surface area (Å²) in [5.41, 5.74) is -1.00. The zero-order chi connectivity index (χ0) is 16.4. The summed E-state index contributed by atoms with van der Waals surface area (Å²) in [6, 6.07) is 6.42. The number of aromatic nitrogens is 1. The van der Waals surface area contributed by atoms with Gasteiger partial charge in [-0.1, -0.05) is 0 Å². The number of nitrogens with zero attached hydrogens (tertiary/aromatic N) is 2. The molecule has 0 saturated carbocycles. The van der Waals surface area contributed by atoms with Gasteiger partial charge in [0.1, 0.15) is 11.6 Å². The lowest BCUT2D eigenvalue weighted by atomic mass is 9.96. The molecule has 0 unspecified atom stereocenters. The topological polar surface area (TPSA) is 137 Å². The molecule has 110 valence electrons. The molecule has 0 amide bonds. The third-order valence-electron chi connectivity index (χ3n) is 3.01. The molecular formula is C14H9N3O5. The van der Waals surface area contributed by atoms with Gasteiger partial charge in [-0.15, -0.1) is 0 Å². The molecule has 1 aromatic carbocycles. The minimum absolute atomic E-state index is 0.0730. The van der Waals surface area contributed by atoms with E-state index in [-0.39, 0.29) is 27.9 Å². The number of non-ortho nitro benzene ring substituents is 1. The van der Waals surface area contributed by atoms with Crippen LogP contribution in [0.2, 0.25) is 0 Å². The van der Waals surface area contributed by atoms with Crippen LogP contribution in [0.4, 0.5) is 5.69 Å². The molecule has 2 rings (SSSR count). The van der Waals surface area contributed by atoms with Crippen molar-refractivity contribution in [1.82, 2.24) is 4.98 Å². The van der Waals surface area contributed by atoms with E-state index in [1.165, 1.54) is 12.1 Å². The Kier molecular flexibility index (Phi) is 3.73. The highest BCUT2D eigenvalue weighted by atomic mass is 16.6. The highest BCUT2D eigenvalue weighted by Crippen LogP contribution is 2.29. The Morgan fingerprint density at radius 3 is 2.59 bits per heavy atom. The fraction of sp³-hybridized carbons (Fsp3) is 0.0714. The minimum Gasteiger partial charge on any atom is -0.478 e. The second-order valence-corrected chi connectivity index (χ2v) is 4.47. The van der Waals surface area contributed by atoms with Crippen molar-refractivity contribution in [1.29, 1.82) is 5.26 Å². The van der Waals surface area contributed by atoms with E-state index in [1.54, 1.807) is 13.0 Å². The number of rotatable bonds is 3. The van der Waals surface area contributed by atoms with Gasteiger partial charge in [-0.3, -0.25) is 14.9 Å². The average molecular weight is 299 g/mol. The average Bonchev–Trinajstić information content (AvgIpc) is 2.45. The number of hydrogen-bond donors (Lipinski definition) is 2. The zero-order valence-corrected chi connectivity index (χ0v) is 11.3. The normalized spacial score (nSPS) is 10.0. The molecule has 2 N–H and O–H groups in total. The van der Waals surface area contributed by atoms with Gasteiger partial charge in [-0.2, -0.15) is 5.26 Å². The lowest BCUT2D eigenvalue weighted by molar-refractivity contribution is -0.384. The number of pyridine rings is 1. The summed E-state index contributed by atoms with van der Waals surface area (Å²) in [4.78, 5) is 35.6. The molecule has 0 radical (unpaired) electrons. The molecule has 0 atom stereocenters. The summed E-state index contributed by atoms with van der Waals surface area (Å²) in [6.45, 7) is 1.58. The maximum Gasteiger partial charge on any atom is 0.336 e. The van der Waals surface area contributed by atoms with Crippen LogP contribution in [0.25, 0.3) is 11.1 Å². The SMILES string of the molecule is Cc1cc(-c2ccc([N+](=O)[O-])cc2C(=O)O)c(C#N)c(=O)[nH]1. The second kappa shape index (κ2) is 5.49. The smallest absolute Gasteiger partial charge is 0.336 e. The Hall–Kier alpha value is -3.47. The largest absolute Gasteiger partial charge is 0.478 e. The van der Waals surface area contributed by atoms with Gasteiger partial charge in [0.25, 0.3) is 11.2 Å². The van der Waals surface area contributed by atoms with Crippen molar-refractivity contribution in [2.75, 3.05) is 0 Å². The van der Waals surface area contributed by atoms with Crippen LogP contribution in [0.3, 0.4) is 0 Å². The molecule has 0 aliphatic carbocycles. The van der Waals surface area contributed by atoms with Crippen molar-refractivity contribution in [3.05, 3.63) is 61.6 Å². The number of hydrogen-bond acceptors (Lipinski definition) is 5. The van der Waals surface area contributed by atoms with Crippen LogP contribution < -0.4 is 5.56 Å². The van der Waals surface area contributed by atoms with Gasteiger partial charge in [-0.25, -0.2) is 4.79 Å². The molecule has 2 aromatic rings. The Balaban J connectivity index is 2.84. The van der Waals surface area contributed by atoms with Gasteiger partial charge in [0.2, 0.25) is 0 Å². The summed E-state index contributed by atoms with van der Waals surface area (Å²) in [5.74, 6) is -1.39. The van der Waals surface area contributed by atoms with Gasteiger partial charge in [0.15, 0.2) is 0 Å². The number of aryl methyl sites for hydroxylation is 1. The van der Waals surface area contributed by atoms with Crippen LogP contribution in [0, 0.1) is 28.4 Å². The van der Waals surface area contributed by atoms with Crippen LogP contribution >= 0.6 is 0 Å². The number of nitro groups is 1. The summed E-state index contributed by atoms with van der Waals surface area (Å²) in [7, 11) is 0. The first-order chi connectivity index (χ1) is 10.3. The van der Waals surface area contributed by atoms with Crippen molar-refractivity contribution in [3.8, 4) is 17.2 Å². The molecule has 0 aliphatic heterocycles. The van der Waals surface area contributed by atoms with Crippen LogP contribution in [0.15, 0.2) is 29.1 Å². The van der Waals surface area contributed by atoms with Crippen molar-refractivity contribution < 1.29 is 14.8 Å². The first-order valence-corrected chi connectivity index (χ1v) is 6.01. The number of carbonyl (C=O) groups is 1. The lowest BCUT2D eigenvalue weighted by Crippen LogP contribution is -2.13. The van der Waals surface area contributed by atoms with E-state index in [9.17, 15) is 24.8 Å². The lowest BCUT2D eigenvalue weighted by Gasteiger charge is -2.08. The van der Waals surface area contributed by atoms with Crippen LogP contribution in [-0.4, -0.2) is 21.0 Å². The third-order valence-corrected chi connectivity index (χ3v) is 3.01. The quantitative estimate of drug-likeness (QED) is 0.655. The van der Waals surface area contributed by atoms with E-state index in [1.807, 2.05) is 0 Å². The first-order valence-electron chi connectivity index (χ1n) is 6.01. The number of nitrogens with one attached hydrogen (secondary N) is 1. The molecule has 8 heteroatoms. The maximum atomic E-state index is 11.8. The van der Waals surface area contributed by atoms with Gasteiger partial charge in [0, 0.05) is 23.4 Å². The summed E-state index contributed by atoms with van der Waals surface area (Å²) in [6.07, 6.45) is 0. The number of nitriles is 1. The van der Waals surface area contributed by atoms with E-state index in [4.69, 9.17) is 5.26 Å². The third kappa shape index (κ3) is 2.55. The fourth-order valence-corrected chi connectivity index (χ4v) is 2.07. The predicted octanol–water partition coefficient (Wildman–Crippen LogP) is 1.83. The molecule has 0 fully saturated rings. The number of carboxylic acid groups (broad SMARTS) is 1. The number of H-pyrrole nitrogens is 1. The minimum atomic E-state index is -1.39. The molecule has 1 aromatic heterocycles. The molecule has 0 bridgehead atoms. The second-order valence-electron chi connectivity index (χ2n) is 4.47.